The lowest BCUT2D eigenvalue weighted by atomic mass is 10.1. The number of allylic oxidation sites excluding steroid dienone is 5. The lowest BCUT2D eigenvalue weighted by molar-refractivity contribution is 1.05. The minimum atomic E-state index is -1.48. The summed E-state index contributed by atoms with van der Waals surface area (Å²) >= 11 is 0. The van der Waals surface area contributed by atoms with Gasteiger partial charge in [0.15, 0.2) is 0 Å². The molecule has 2 heteroatoms. The molecule has 1 nitrogen and oxygen atoms in total. The Morgan fingerprint density at radius 1 is 1.00 bits per heavy atom. The van der Waals surface area contributed by atoms with Crippen molar-refractivity contribution in [2.75, 3.05) is 0 Å². The molecular formula is C21H23NSi. The van der Waals surface area contributed by atoms with Crippen molar-refractivity contribution in [3.8, 4) is 5.69 Å². The van der Waals surface area contributed by atoms with Crippen molar-refractivity contribution in [1.29, 1.82) is 0 Å². The summed E-state index contributed by atoms with van der Waals surface area (Å²) in [6.07, 6.45) is 18.4. The third kappa shape index (κ3) is 2.29. The van der Waals surface area contributed by atoms with Crippen LogP contribution < -0.4 is 0 Å². The molecule has 1 aromatic carbocycles. The van der Waals surface area contributed by atoms with E-state index in [0.29, 0.717) is 11.1 Å². The third-order valence-corrected chi connectivity index (χ3v) is 9.64. The van der Waals surface area contributed by atoms with Gasteiger partial charge in [0, 0.05) is 18.0 Å². The first-order valence-corrected chi connectivity index (χ1v) is 11.5. The minimum Gasteiger partial charge on any atom is -0.323 e. The molecule has 1 unspecified atom stereocenters. The van der Waals surface area contributed by atoms with Gasteiger partial charge >= 0.3 is 0 Å². The first-order chi connectivity index (χ1) is 11.1. The topological polar surface area (TPSA) is 4.93 Å². The summed E-state index contributed by atoms with van der Waals surface area (Å²) in [5.41, 5.74) is 6.75. The summed E-state index contributed by atoms with van der Waals surface area (Å²) in [5.74, 6) is 0. The largest absolute Gasteiger partial charge is 0.323 e. The molecular weight excluding hydrogens is 294 g/mol. The van der Waals surface area contributed by atoms with E-state index in [2.05, 4.69) is 97.7 Å². The van der Waals surface area contributed by atoms with Gasteiger partial charge in [-0.2, -0.15) is 0 Å². The molecule has 1 aromatic heterocycles. The SMILES string of the molecule is Cc1ccn(-c2cccc3c2C=CC3[Si](C)(C)C2C=CC=C2)c1. The summed E-state index contributed by atoms with van der Waals surface area (Å²) in [6.45, 7) is 7.19. The van der Waals surface area contributed by atoms with Crippen LogP contribution in [-0.2, 0) is 0 Å². The van der Waals surface area contributed by atoms with E-state index in [4.69, 9.17) is 0 Å². The minimum absolute atomic E-state index is 0.589. The number of nitrogens with zero attached hydrogens (tertiary/aromatic N) is 1. The van der Waals surface area contributed by atoms with Crippen molar-refractivity contribution in [3.63, 3.8) is 0 Å². The number of aryl methyl sites for hydroxylation is 1. The van der Waals surface area contributed by atoms with E-state index in [0.717, 1.165) is 0 Å². The van der Waals surface area contributed by atoms with Gasteiger partial charge in [-0.15, -0.1) is 0 Å². The highest BCUT2D eigenvalue weighted by Crippen LogP contribution is 2.45. The van der Waals surface area contributed by atoms with Crippen molar-refractivity contribution >= 4 is 14.1 Å². The molecule has 0 N–H and O–H groups in total. The summed E-state index contributed by atoms with van der Waals surface area (Å²) < 4.78 is 2.25. The summed E-state index contributed by atoms with van der Waals surface area (Å²) in [6, 6.07) is 8.95. The zero-order valence-corrected chi connectivity index (χ0v) is 15.0. The highest BCUT2D eigenvalue weighted by molar-refractivity contribution is 6.81. The number of benzene rings is 1. The Labute approximate surface area is 139 Å². The van der Waals surface area contributed by atoms with Gasteiger partial charge in [-0.05, 0) is 41.3 Å². The van der Waals surface area contributed by atoms with Crippen molar-refractivity contribution in [2.24, 2.45) is 0 Å². The lowest BCUT2D eigenvalue weighted by Crippen LogP contribution is -2.37. The molecule has 0 spiro atoms. The van der Waals surface area contributed by atoms with Crippen LogP contribution in [0.1, 0.15) is 22.2 Å². The molecule has 0 amide bonds. The van der Waals surface area contributed by atoms with Crippen LogP contribution in [0, 0.1) is 6.92 Å². The quantitative estimate of drug-likeness (QED) is 0.646. The smallest absolute Gasteiger partial charge is 0.0707 e. The van der Waals surface area contributed by atoms with Gasteiger partial charge in [-0.3, -0.25) is 0 Å². The van der Waals surface area contributed by atoms with Gasteiger partial charge < -0.3 is 4.57 Å². The standard InChI is InChI=1S/C21H23NSi/c1-16-13-14-22(15-16)20-10-6-9-19-18(20)11-12-21(19)23(2,3)17-7-4-5-8-17/h4-15,17,21H,1-3H3. The Bertz CT molecular complexity index is 823. The fraction of sp³-hybridized carbons (Fsp3) is 0.238. The van der Waals surface area contributed by atoms with Crippen molar-refractivity contribution < 1.29 is 0 Å². The average Bonchev–Trinajstić information content (AvgIpc) is 3.27. The van der Waals surface area contributed by atoms with Gasteiger partial charge in [0.2, 0.25) is 0 Å². The number of rotatable bonds is 3. The van der Waals surface area contributed by atoms with E-state index in [1.807, 2.05) is 0 Å². The van der Waals surface area contributed by atoms with Gasteiger partial charge in [0.25, 0.3) is 0 Å². The van der Waals surface area contributed by atoms with Crippen LogP contribution in [0.15, 0.2) is 67.0 Å². The van der Waals surface area contributed by atoms with E-state index >= 15 is 0 Å². The molecule has 2 aliphatic carbocycles. The first kappa shape index (κ1) is 14.5. The summed E-state index contributed by atoms with van der Waals surface area (Å²) in [4.78, 5) is 0. The zero-order chi connectivity index (χ0) is 16.0. The van der Waals surface area contributed by atoms with Crippen LogP contribution in [0.4, 0.5) is 0 Å². The van der Waals surface area contributed by atoms with Crippen molar-refractivity contribution in [1.82, 2.24) is 4.57 Å². The highest BCUT2D eigenvalue weighted by Gasteiger charge is 2.40. The molecule has 0 fully saturated rings. The molecule has 2 aliphatic rings. The fourth-order valence-corrected chi connectivity index (χ4v) is 7.26. The molecule has 1 heterocycles. The molecule has 0 saturated carbocycles. The molecule has 2 aromatic rings. The first-order valence-electron chi connectivity index (χ1n) is 8.38. The van der Waals surface area contributed by atoms with Gasteiger partial charge in [0.05, 0.1) is 13.8 Å². The van der Waals surface area contributed by atoms with E-state index in [-0.39, 0.29) is 0 Å². The maximum absolute atomic E-state index is 2.52. The van der Waals surface area contributed by atoms with E-state index in [1.54, 1.807) is 0 Å². The lowest BCUT2D eigenvalue weighted by Gasteiger charge is -2.33. The molecule has 0 bridgehead atoms. The van der Waals surface area contributed by atoms with Gasteiger partial charge in [0.1, 0.15) is 0 Å². The van der Waals surface area contributed by atoms with Crippen LogP contribution in [0.3, 0.4) is 0 Å². The second-order valence-electron chi connectivity index (χ2n) is 7.33. The molecule has 0 aliphatic heterocycles. The Morgan fingerprint density at radius 3 is 2.48 bits per heavy atom. The summed E-state index contributed by atoms with van der Waals surface area (Å²) in [7, 11) is -1.48. The molecule has 0 radical (unpaired) electrons. The second-order valence-corrected chi connectivity index (χ2v) is 12.3. The maximum Gasteiger partial charge on any atom is 0.0707 e. The predicted molar refractivity (Wildman–Crippen MR) is 102 cm³/mol. The molecule has 1 atom stereocenters. The Balaban J connectivity index is 1.77. The third-order valence-electron chi connectivity index (χ3n) is 5.43. The molecule has 116 valence electrons. The van der Waals surface area contributed by atoms with Crippen LogP contribution >= 0.6 is 0 Å². The predicted octanol–water partition coefficient (Wildman–Crippen LogP) is 5.64. The molecule has 0 saturated heterocycles. The van der Waals surface area contributed by atoms with E-state index in [1.165, 1.54) is 22.4 Å². The second kappa shape index (κ2) is 5.24. The van der Waals surface area contributed by atoms with E-state index < -0.39 is 8.07 Å². The Kier molecular flexibility index (Phi) is 3.31. The fourth-order valence-electron chi connectivity index (χ4n) is 3.98. The maximum atomic E-state index is 2.52. The van der Waals surface area contributed by atoms with Crippen molar-refractivity contribution in [2.45, 2.75) is 31.1 Å². The van der Waals surface area contributed by atoms with Crippen LogP contribution in [0.25, 0.3) is 11.8 Å². The average molecular weight is 318 g/mol. The van der Waals surface area contributed by atoms with E-state index in [9.17, 15) is 0 Å². The Morgan fingerprint density at radius 2 is 1.78 bits per heavy atom. The molecule has 23 heavy (non-hydrogen) atoms. The number of hydrogen-bond donors (Lipinski definition) is 0. The number of aromatic nitrogens is 1. The highest BCUT2D eigenvalue weighted by atomic mass is 28.3. The Hall–Kier alpha value is -2.06. The van der Waals surface area contributed by atoms with Crippen LogP contribution in [0.5, 0.6) is 0 Å². The molecule has 4 rings (SSSR count). The normalized spacial score (nSPS) is 19.7. The van der Waals surface area contributed by atoms with Crippen LogP contribution in [-0.4, -0.2) is 12.6 Å². The van der Waals surface area contributed by atoms with Crippen molar-refractivity contribution in [3.05, 3.63) is 83.7 Å². The summed E-state index contributed by atoms with van der Waals surface area (Å²) in [5, 5.41) is 0. The van der Waals surface area contributed by atoms with Gasteiger partial charge in [-0.25, -0.2) is 0 Å². The van der Waals surface area contributed by atoms with Gasteiger partial charge in [-0.1, -0.05) is 61.7 Å². The van der Waals surface area contributed by atoms with Crippen LogP contribution in [0.2, 0.25) is 18.6 Å². The number of hydrogen-bond acceptors (Lipinski definition) is 0. The number of fused-ring (bicyclic) bond motifs is 1. The monoisotopic (exact) mass is 317 g/mol. The zero-order valence-electron chi connectivity index (χ0n) is 14.0.